The van der Waals surface area contributed by atoms with Crippen LogP contribution in [0.1, 0.15) is 19.3 Å². The van der Waals surface area contributed by atoms with E-state index in [1.165, 1.54) is 4.31 Å². The van der Waals surface area contributed by atoms with E-state index < -0.39 is 10.0 Å². The van der Waals surface area contributed by atoms with E-state index in [1.54, 1.807) is 48.5 Å². The number of hydrogen-bond donors (Lipinski definition) is 2. The van der Waals surface area contributed by atoms with Gasteiger partial charge in [-0.05, 0) is 43.2 Å². The maximum absolute atomic E-state index is 12.8. The molecule has 3 rings (SSSR count). The molecule has 8 heteroatoms. The number of nitrogens with one attached hydrogen (secondary N) is 2. The van der Waals surface area contributed by atoms with Gasteiger partial charge in [0.25, 0.3) is 0 Å². The summed E-state index contributed by atoms with van der Waals surface area (Å²) < 4.78 is 27.0. The standard InChI is InChI=1S/C19H22ClN3O3S/c20-17-9-2-3-10-18(17)22-19(24)14-21-15-7-6-8-16(13-15)27(25,26)23-11-4-1-5-12-23/h2-3,6-10,13,21H,1,4-5,11-12,14H2,(H,22,24). The van der Waals surface area contributed by atoms with E-state index in [0.29, 0.717) is 29.5 Å². The molecule has 0 aliphatic carbocycles. The fourth-order valence-electron chi connectivity index (χ4n) is 2.96. The molecule has 0 unspecified atom stereocenters. The van der Waals surface area contributed by atoms with Crippen molar-refractivity contribution in [3.8, 4) is 0 Å². The molecule has 1 fully saturated rings. The predicted octanol–water partition coefficient (Wildman–Crippen LogP) is 3.57. The molecular formula is C19H22ClN3O3S. The summed E-state index contributed by atoms with van der Waals surface area (Å²) in [7, 11) is -3.50. The zero-order valence-corrected chi connectivity index (χ0v) is 16.4. The molecule has 27 heavy (non-hydrogen) atoms. The summed E-state index contributed by atoms with van der Waals surface area (Å²) in [5.74, 6) is -0.271. The Balaban J connectivity index is 1.64. The highest BCUT2D eigenvalue weighted by molar-refractivity contribution is 7.89. The van der Waals surface area contributed by atoms with Crippen molar-refractivity contribution in [2.75, 3.05) is 30.3 Å². The van der Waals surface area contributed by atoms with Crippen LogP contribution in [0.5, 0.6) is 0 Å². The highest BCUT2D eigenvalue weighted by Gasteiger charge is 2.25. The van der Waals surface area contributed by atoms with Gasteiger partial charge in [0.15, 0.2) is 0 Å². The first-order chi connectivity index (χ1) is 13.0. The van der Waals surface area contributed by atoms with Gasteiger partial charge in [0.2, 0.25) is 15.9 Å². The summed E-state index contributed by atoms with van der Waals surface area (Å²) in [5, 5.41) is 6.14. The number of carbonyl (C=O) groups is 1. The van der Waals surface area contributed by atoms with Crippen LogP contribution in [0.2, 0.25) is 5.02 Å². The molecule has 0 bridgehead atoms. The number of hydrogen-bond acceptors (Lipinski definition) is 4. The van der Waals surface area contributed by atoms with Crippen molar-refractivity contribution in [3.05, 3.63) is 53.6 Å². The number of piperidine rings is 1. The molecule has 1 heterocycles. The zero-order chi connectivity index (χ0) is 19.3. The SMILES string of the molecule is O=C(CNc1cccc(S(=O)(=O)N2CCCCC2)c1)Nc1ccccc1Cl. The van der Waals surface area contributed by atoms with Crippen LogP contribution in [-0.2, 0) is 14.8 Å². The first-order valence-corrected chi connectivity index (χ1v) is 10.7. The molecule has 1 saturated heterocycles. The van der Waals surface area contributed by atoms with Gasteiger partial charge in [0.05, 0.1) is 22.2 Å². The van der Waals surface area contributed by atoms with Gasteiger partial charge in [-0.3, -0.25) is 4.79 Å². The summed E-state index contributed by atoms with van der Waals surface area (Å²) in [5.41, 5.74) is 1.11. The molecule has 144 valence electrons. The third-order valence-electron chi connectivity index (χ3n) is 4.39. The number of halogens is 1. The Morgan fingerprint density at radius 2 is 1.78 bits per heavy atom. The largest absolute Gasteiger partial charge is 0.376 e. The first kappa shape index (κ1) is 19.7. The average molecular weight is 408 g/mol. The van der Waals surface area contributed by atoms with Gasteiger partial charge in [-0.1, -0.05) is 36.2 Å². The van der Waals surface area contributed by atoms with Crippen LogP contribution in [-0.4, -0.2) is 38.3 Å². The lowest BCUT2D eigenvalue weighted by atomic mass is 10.2. The smallest absolute Gasteiger partial charge is 0.243 e. The Hall–Kier alpha value is -2.09. The van der Waals surface area contributed by atoms with Gasteiger partial charge < -0.3 is 10.6 Å². The minimum atomic E-state index is -3.50. The highest BCUT2D eigenvalue weighted by atomic mass is 35.5. The molecule has 1 amide bonds. The molecular weight excluding hydrogens is 386 g/mol. The molecule has 2 aromatic rings. The minimum Gasteiger partial charge on any atom is -0.376 e. The van der Waals surface area contributed by atoms with Gasteiger partial charge in [-0.15, -0.1) is 0 Å². The fraction of sp³-hybridized carbons (Fsp3) is 0.316. The molecule has 2 N–H and O–H groups in total. The number of nitrogens with zero attached hydrogens (tertiary/aromatic N) is 1. The summed E-state index contributed by atoms with van der Waals surface area (Å²) in [6.45, 7) is 1.11. The van der Waals surface area contributed by atoms with Crippen molar-refractivity contribution in [2.45, 2.75) is 24.2 Å². The molecule has 6 nitrogen and oxygen atoms in total. The van der Waals surface area contributed by atoms with E-state index >= 15 is 0 Å². The summed E-state index contributed by atoms with van der Waals surface area (Å²) in [6, 6.07) is 13.5. The molecule has 0 atom stereocenters. The normalized spacial score (nSPS) is 15.3. The van der Waals surface area contributed by atoms with E-state index in [1.807, 2.05) is 0 Å². The maximum Gasteiger partial charge on any atom is 0.243 e. The Morgan fingerprint density at radius 3 is 2.52 bits per heavy atom. The monoisotopic (exact) mass is 407 g/mol. The van der Waals surface area contributed by atoms with Gasteiger partial charge in [0, 0.05) is 18.8 Å². The van der Waals surface area contributed by atoms with Crippen molar-refractivity contribution < 1.29 is 13.2 Å². The highest BCUT2D eigenvalue weighted by Crippen LogP contribution is 2.23. The van der Waals surface area contributed by atoms with E-state index in [4.69, 9.17) is 11.6 Å². The number of sulfonamides is 1. The van der Waals surface area contributed by atoms with Crippen molar-refractivity contribution >= 4 is 38.9 Å². The van der Waals surface area contributed by atoms with Gasteiger partial charge in [-0.25, -0.2) is 8.42 Å². The molecule has 1 aliphatic heterocycles. The van der Waals surface area contributed by atoms with Gasteiger partial charge in [-0.2, -0.15) is 4.31 Å². The molecule has 0 radical (unpaired) electrons. The molecule has 0 aromatic heterocycles. The maximum atomic E-state index is 12.8. The van der Waals surface area contributed by atoms with Crippen molar-refractivity contribution in [1.82, 2.24) is 4.31 Å². The van der Waals surface area contributed by atoms with Crippen LogP contribution in [0.15, 0.2) is 53.4 Å². The summed E-state index contributed by atoms with van der Waals surface area (Å²) in [4.78, 5) is 12.3. The molecule has 0 spiro atoms. The summed E-state index contributed by atoms with van der Waals surface area (Å²) in [6.07, 6.45) is 2.84. The average Bonchev–Trinajstić information content (AvgIpc) is 2.69. The third-order valence-corrected chi connectivity index (χ3v) is 6.61. The van der Waals surface area contributed by atoms with Crippen LogP contribution in [0.3, 0.4) is 0 Å². The lowest BCUT2D eigenvalue weighted by Gasteiger charge is -2.26. The first-order valence-electron chi connectivity index (χ1n) is 8.85. The number of carbonyl (C=O) groups excluding carboxylic acids is 1. The quantitative estimate of drug-likeness (QED) is 0.767. The molecule has 1 aliphatic rings. The summed E-state index contributed by atoms with van der Waals surface area (Å²) >= 11 is 6.02. The van der Waals surface area contributed by atoms with Gasteiger partial charge in [0.1, 0.15) is 0 Å². The van der Waals surface area contributed by atoms with E-state index in [9.17, 15) is 13.2 Å². The second-order valence-electron chi connectivity index (χ2n) is 6.37. The van der Waals surface area contributed by atoms with Crippen LogP contribution in [0.25, 0.3) is 0 Å². The zero-order valence-electron chi connectivity index (χ0n) is 14.8. The number of para-hydroxylation sites is 1. The number of benzene rings is 2. The number of amides is 1. The Labute approximate surface area is 164 Å². The fourth-order valence-corrected chi connectivity index (χ4v) is 4.71. The van der Waals surface area contributed by atoms with Crippen molar-refractivity contribution in [3.63, 3.8) is 0 Å². The Kier molecular flexibility index (Phi) is 6.36. The molecule has 0 saturated carbocycles. The van der Waals surface area contributed by atoms with Crippen LogP contribution < -0.4 is 10.6 Å². The second kappa shape index (κ2) is 8.73. The lowest BCUT2D eigenvalue weighted by molar-refractivity contribution is -0.114. The number of anilines is 2. The second-order valence-corrected chi connectivity index (χ2v) is 8.72. The van der Waals surface area contributed by atoms with Crippen LogP contribution in [0, 0.1) is 0 Å². The Bertz CT molecular complexity index is 912. The van der Waals surface area contributed by atoms with E-state index in [0.717, 1.165) is 19.3 Å². The third kappa shape index (κ3) is 5.00. The van der Waals surface area contributed by atoms with Crippen LogP contribution >= 0.6 is 11.6 Å². The minimum absolute atomic E-state index is 0.00155. The lowest BCUT2D eigenvalue weighted by Crippen LogP contribution is -2.35. The predicted molar refractivity (Wildman–Crippen MR) is 108 cm³/mol. The van der Waals surface area contributed by atoms with Crippen LogP contribution in [0.4, 0.5) is 11.4 Å². The topological polar surface area (TPSA) is 78.5 Å². The van der Waals surface area contributed by atoms with E-state index in [-0.39, 0.29) is 17.3 Å². The Morgan fingerprint density at radius 1 is 1.04 bits per heavy atom. The number of rotatable bonds is 6. The van der Waals surface area contributed by atoms with E-state index in [2.05, 4.69) is 10.6 Å². The van der Waals surface area contributed by atoms with Crippen molar-refractivity contribution in [1.29, 1.82) is 0 Å². The van der Waals surface area contributed by atoms with Crippen molar-refractivity contribution in [2.24, 2.45) is 0 Å². The molecule has 2 aromatic carbocycles. The van der Waals surface area contributed by atoms with Gasteiger partial charge >= 0.3 is 0 Å².